The van der Waals surface area contributed by atoms with Crippen molar-refractivity contribution in [2.24, 2.45) is 5.41 Å². The van der Waals surface area contributed by atoms with Gasteiger partial charge in [0.1, 0.15) is 6.54 Å². The highest BCUT2D eigenvalue weighted by molar-refractivity contribution is 5.76. The van der Waals surface area contributed by atoms with Gasteiger partial charge in [-0.3, -0.25) is 4.79 Å². The first-order valence-electron chi connectivity index (χ1n) is 7.50. The summed E-state index contributed by atoms with van der Waals surface area (Å²) in [6.07, 6.45) is 11.4. The van der Waals surface area contributed by atoms with Crippen molar-refractivity contribution in [1.82, 2.24) is 14.5 Å². The molecular weight excluding hydrogens is 254 g/mol. The number of hydrogen-bond donors (Lipinski definition) is 0. The molecule has 1 aromatic rings. The minimum atomic E-state index is 0.198. The molecule has 1 saturated carbocycles. The molecule has 2 atom stereocenters. The number of carbonyl (C=O) groups excluding carboxylic acids is 1. The Morgan fingerprint density at radius 2 is 2.30 bits per heavy atom. The van der Waals surface area contributed by atoms with E-state index in [2.05, 4.69) is 4.98 Å². The number of nitrogens with zero attached hydrogens (tertiary/aromatic N) is 3. The van der Waals surface area contributed by atoms with Crippen molar-refractivity contribution in [2.45, 2.75) is 44.8 Å². The molecular formula is C15H23N3O2. The first kappa shape index (κ1) is 13.6. The molecule has 0 unspecified atom stereocenters. The van der Waals surface area contributed by atoms with Crippen LogP contribution in [0.15, 0.2) is 18.7 Å². The van der Waals surface area contributed by atoms with Crippen molar-refractivity contribution < 1.29 is 9.53 Å². The highest BCUT2D eigenvalue weighted by Gasteiger charge is 2.46. The number of methoxy groups -OCH3 is 1. The van der Waals surface area contributed by atoms with E-state index in [1.54, 1.807) is 12.5 Å². The summed E-state index contributed by atoms with van der Waals surface area (Å²) in [7, 11) is 1.81. The largest absolute Gasteiger partial charge is 0.381 e. The number of ether oxygens (including phenoxy) is 1. The second kappa shape index (κ2) is 5.56. The first-order valence-corrected chi connectivity index (χ1v) is 7.50. The summed E-state index contributed by atoms with van der Waals surface area (Å²) >= 11 is 0. The van der Waals surface area contributed by atoms with Gasteiger partial charge in [-0.2, -0.15) is 0 Å². The molecule has 20 heavy (non-hydrogen) atoms. The third-order valence-corrected chi connectivity index (χ3v) is 4.95. The van der Waals surface area contributed by atoms with Gasteiger partial charge in [0.2, 0.25) is 5.91 Å². The zero-order valence-corrected chi connectivity index (χ0v) is 12.1. The SMILES string of the molecule is CO[C@@H]1CCC[C@]12CCCN(C(=O)Cn1ccnc1)C2. The van der Waals surface area contributed by atoms with E-state index < -0.39 is 0 Å². The van der Waals surface area contributed by atoms with Gasteiger partial charge in [-0.25, -0.2) is 4.98 Å². The first-order chi connectivity index (χ1) is 9.73. The summed E-state index contributed by atoms with van der Waals surface area (Å²) in [5.41, 5.74) is 0.206. The Hall–Kier alpha value is -1.36. The van der Waals surface area contributed by atoms with Gasteiger partial charge < -0.3 is 14.2 Å². The van der Waals surface area contributed by atoms with E-state index in [9.17, 15) is 4.79 Å². The zero-order chi connectivity index (χ0) is 14.0. The number of aromatic nitrogens is 2. The predicted octanol–water partition coefficient (Wildman–Crippen LogP) is 1.69. The summed E-state index contributed by atoms with van der Waals surface area (Å²) in [4.78, 5) is 18.5. The third-order valence-electron chi connectivity index (χ3n) is 4.95. The summed E-state index contributed by atoms with van der Waals surface area (Å²) in [6.45, 7) is 2.14. The lowest BCUT2D eigenvalue weighted by Crippen LogP contribution is -2.50. The fourth-order valence-electron chi connectivity index (χ4n) is 3.95. The Morgan fingerprint density at radius 3 is 3.05 bits per heavy atom. The van der Waals surface area contributed by atoms with E-state index in [0.717, 1.165) is 25.9 Å². The maximum absolute atomic E-state index is 12.4. The van der Waals surface area contributed by atoms with Crippen molar-refractivity contribution in [3.8, 4) is 0 Å². The maximum Gasteiger partial charge on any atom is 0.242 e. The van der Waals surface area contributed by atoms with Crippen molar-refractivity contribution in [2.75, 3.05) is 20.2 Å². The molecule has 110 valence electrons. The smallest absolute Gasteiger partial charge is 0.242 e. The second-order valence-electron chi connectivity index (χ2n) is 6.13. The Labute approximate surface area is 119 Å². The van der Waals surface area contributed by atoms with Crippen LogP contribution in [-0.4, -0.2) is 46.7 Å². The van der Waals surface area contributed by atoms with Gasteiger partial charge in [-0.1, -0.05) is 6.42 Å². The number of piperidine rings is 1. The van der Waals surface area contributed by atoms with Gasteiger partial charge in [0, 0.05) is 38.0 Å². The van der Waals surface area contributed by atoms with Crippen LogP contribution in [0.2, 0.25) is 0 Å². The molecule has 0 bridgehead atoms. The standard InChI is InChI=1S/C15H23N3O2/c1-20-13-4-2-5-15(13)6-3-8-18(11-15)14(19)10-17-9-7-16-12-17/h7,9,12-13H,2-6,8,10-11H2,1H3/t13-,15-/m1/s1. The number of hydrogen-bond acceptors (Lipinski definition) is 3. The third kappa shape index (κ3) is 2.46. The maximum atomic E-state index is 12.4. The molecule has 0 N–H and O–H groups in total. The average molecular weight is 277 g/mol. The normalized spacial score (nSPS) is 30.1. The van der Waals surface area contributed by atoms with Gasteiger partial charge in [0.05, 0.1) is 12.4 Å². The Bertz CT molecular complexity index is 460. The Morgan fingerprint density at radius 1 is 1.45 bits per heavy atom. The van der Waals surface area contributed by atoms with Crippen molar-refractivity contribution in [1.29, 1.82) is 0 Å². The molecule has 1 aliphatic carbocycles. The van der Waals surface area contributed by atoms with Crippen molar-refractivity contribution >= 4 is 5.91 Å². The molecule has 2 heterocycles. The van der Waals surface area contributed by atoms with E-state index >= 15 is 0 Å². The van der Waals surface area contributed by atoms with Crippen LogP contribution in [0.25, 0.3) is 0 Å². The molecule has 0 radical (unpaired) electrons. The molecule has 0 aromatic carbocycles. The molecule has 2 aliphatic rings. The molecule has 5 heteroatoms. The summed E-state index contributed by atoms with van der Waals surface area (Å²) < 4.78 is 7.52. The molecule has 1 aromatic heterocycles. The van der Waals surface area contributed by atoms with Crippen LogP contribution in [0.4, 0.5) is 0 Å². The van der Waals surface area contributed by atoms with Crippen LogP contribution in [-0.2, 0) is 16.1 Å². The second-order valence-corrected chi connectivity index (χ2v) is 6.13. The summed E-state index contributed by atoms with van der Waals surface area (Å²) in [6, 6.07) is 0. The molecule has 1 amide bonds. The predicted molar refractivity (Wildman–Crippen MR) is 75.1 cm³/mol. The van der Waals surface area contributed by atoms with Crippen LogP contribution >= 0.6 is 0 Å². The van der Waals surface area contributed by atoms with Crippen LogP contribution < -0.4 is 0 Å². The lowest BCUT2D eigenvalue weighted by molar-refractivity contribution is -0.137. The summed E-state index contributed by atoms with van der Waals surface area (Å²) in [5, 5.41) is 0. The highest BCUT2D eigenvalue weighted by atomic mass is 16.5. The number of likely N-dealkylation sites (tertiary alicyclic amines) is 1. The van der Waals surface area contributed by atoms with Crippen LogP contribution in [0, 0.1) is 5.41 Å². The van der Waals surface area contributed by atoms with E-state index in [0.29, 0.717) is 12.6 Å². The molecule has 1 spiro atoms. The fraction of sp³-hybridized carbons (Fsp3) is 0.733. The van der Waals surface area contributed by atoms with Gasteiger partial charge in [-0.15, -0.1) is 0 Å². The minimum absolute atomic E-state index is 0.198. The van der Waals surface area contributed by atoms with Gasteiger partial charge in [0.15, 0.2) is 0 Å². The molecule has 2 fully saturated rings. The van der Waals surface area contributed by atoms with Crippen molar-refractivity contribution in [3.63, 3.8) is 0 Å². The number of rotatable bonds is 3. The van der Waals surface area contributed by atoms with Gasteiger partial charge >= 0.3 is 0 Å². The number of imidazole rings is 1. The number of amides is 1. The molecule has 1 aliphatic heterocycles. The highest BCUT2D eigenvalue weighted by Crippen LogP contribution is 2.46. The van der Waals surface area contributed by atoms with Gasteiger partial charge in [0.25, 0.3) is 0 Å². The van der Waals surface area contributed by atoms with E-state index in [-0.39, 0.29) is 11.3 Å². The van der Waals surface area contributed by atoms with Crippen LogP contribution in [0.5, 0.6) is 0 Å². The molecule has 3 rings (SSSR count). The average Bonchev–Trinajstić information content (AvgIpc) is 3.09. The van der Waals surface area contributed by atoms with Crippen LogP contribution in [0.3, 0.4) is 0 Å². The molecule has 1 saturated heterocycles. The van der Waals surface area contributed by atoms with E-state index in [1.807, 2.05) is 22.8 Å². The Kier molecular flexibility index (Phi) is 3.78. The monoisotopic (exact) mass is 277 g/mol. The molecule has 5 nitrogen and oxygen atoms in total. The minimum Gasteiger partial charge on any atom is -0.381 e. The topological polar surface area (TPSA) is 47.4 Å². The lowest BCUT2D eigenvalue weighted by Gasteiger charge is -2.43. The quantitative estimate of drug-likeness (QED) is 0.844. The van der Waals surface area contributed by atoms with Crippen molar-refractivity contribution in [3.05, 3.63) is 18.7 Å². The number of carbonyl (C=O) groups is 1. The van der Waals surface area contributed by atoms with E-state index in [4.69, 9.17) is 4.74 Å². The fourth-order valence-corrected chi connectivity index (χ4v) is 3.95. The van der Waals surface area contributed by atoms with Crippen LogP contribution in [0.1, 0.15) is 32.1 Å². The zero-order valence-electron chi connectivity index (χ0n) is 12.1. The lowest BCUT2D eigenvalue weighted by atomic mass is 9.76. The Balaban J connectivity index is 1.67. The summed E-state index contributed by atoms with van der Waals surface area (Å²) in [5.74, 6) is 0.198. The van der Waals surface area contributed by atoms with E-state index in [1.165, 1.54) is 19.3 Å². The van der Waals surface area contributed by atoms with Gasteiger partial charge in [-0.05, 0) is 25.7 Å².